The van der Waals surface area contributed by atoms with Crippen molar-refractivity contribution in [2.45, 2.75) is 199 Å². The number of alkyl carbamates (subject to hydrolysis) is 1. The zero-order valence-corrected chi connectivity index (χ0v) is 62.3. The van der Waals surface area contributed by atoms with E-state index >= 15 is 0 Å². The highest BCUT2D eigenvalue weighted by molar-refractivity contribution is 6.68. The molecule has 0 saturated carbocycles. The summed E-state index contributed by atoms with van der Waals surface area (Å²) >= 11 is 59.3. The van der Waals surface area contributed by atoms with E-state index in [4.69, 9.17) is 172 Å². The topological polar surface area (TPSA) is 400 Å². The van der Waals surface area contributed by atoms with Crippen LogP contribution in [0.4, 0.5) is 4.79 Å². The molecule has 10 N–H and O–H groups in total. The van der Waals surface area contributed by atoms with Crippen molar-refractivity contribution >= 4 is 193 Å². The minimum atomic E-state index is -1.75. The number of amides is 5. The second kappa shape index (κ2) is 44.1. The Bertz CT molecular complexity index is 2440. The van der Waals surface area contributed by atoms with E-state index in [2.05, 4.69) is 26.9 Å². The molecule has 3 aliphatic rings. The Morgan fingerprint density at radius 2 is 0.787 bits per heavy atom. The molecule has 5 amide bonds. The molecule has 3 fully saturated rings. The van der Waals surface area contributed by atoms with Gasteiger partial charge in [-0.2, -0.15) is 0 Å². The van der Waals surface area contributed by atoms with Crippen LogP contribution in [0.5, 0.6) is 0 Å². The van der Waals surface area contributed by atoms with Crippen molar-refractivity contribution in [1.82, 2.24) is 41.9 Å². The van der Waals surface area contributed by atoms with Gasteiger partial charge >= 0.3 is 41.9 Å². The summed E-state index contributed by atoms with van der Waals surface area (Å²) in [5.41, 5.74) is 11.8. The number of hydrogen-bond acceptors (Lipinski definition) is 23. The first-order valence-electron chi connectivity index (χ1n) is 28.8. The molecule has 0 radical (unpaired) electrons. The monoisotopic (exact) mass is 1570 g/mol. The first kappa shape index (κ1) is 93.0. The maximum Gasteiger partial charge on any atom is 0.408 e. The van der Waals surface area contributed by atoms with Crippen LogP contribution in [0.1, 0.15) is 134 Å². The number of esters is 5. The fourth-order valence-corrected chi connectivity index (χ4v) is 7.89. The first-order valence-corrected chi connectivity index (χ1v) is 33.2. The molecule has 3 saturated heterocycles. The smallest absolute Gasteiger partial charge is 0.408 e. The lowest BCUT2D eigenvalue weighted by Crippen LogP contribution is -2.59. The summed E-state index contributed by atoms with van der Waals surface area (Å²) in [6, 6.07) is -4.66. The Morgan fingerprint density at radius 3 is 1.05 bits per heavy atom. The lowest BCUT2D eigenvalue weighted by molar-refractivity contribution is -0.160. The molecule has 3 aliphatic heterocycles. The van der Waals surface area contributed by atoms with Gasteiger partial charge in [-0.25, -0.2) is 21.1 Å². The third-order valence-electron chi connectivity index (χ3n) is 11.4. The number of nitrogens with two attached hydrogens (primary N) is 1. The second-order valence-electron chi connectivity index (χ2n) is 23.8. The number of nitrogens with one attached hydrogen (secondary N) is 5. The highest BCUT2D eigenvalue weighted by Crippen LogP contribution is 2.29. The van der Waals surface area contributed by atoms with Crippen LogP contribution in [-0.4, -0.2) is 218 Å². The molecular formula is C54H88Cl11N9O20. The lowest BCUT2D eigenvalue weighted by atomic mass is 10.0. The number of rotatable bonds is 19. The van der Waals surface area contributed by atoms with Gasteiger partial charge in [-0.15, -0.1) is 23.2 Å². The van der Waals surface area contributed by atoms with Crippen LogP contribution < -0.4 is 32.6 Å². The molecule has 3 heterocycles. The Balaban J connectivity index is 0. The normalized spacial score (nSPS) is 18.5. The number of ether oxygens (including phenoxy) is 6. The maximum absolute atomic E-state index is 12.7. The van der Waals surface area contributed by atoms with Gasteiger partial charge in [0.25, 0.3) is 17.7 Å². The van der Waals surface area contributed by atoms with Crippen molar-refractivity contribution in [2.24, 2.45) is 17.6 Å². The summed E-state index contributed by atoms with van der Waals surface area (Å²) in [5, 5.41) is 35.6. The second-order valence-corrected chi connectivity index (χ2v) is 32.1. The Morgan fingerprint density at radius 1 is 0.500 bits per heavy atom. The fourth-order valence-electron chi connectivity index (χ4n) is 7.40. The molecule has 546 valence electrons. The predicted molar refractivity (Wildman–Crippen MR) is 354 cm³/mol. The average molecular weight is 1570 g/mol. The van der Waals surface area contributed by atoms with Gasteiger partial charge in [0, 0.05) is 19.6 Å². The minimum absolute atomic E-state index is 0.194. The number of aliphatic hydroxyl groups is 2. The third-order valence-corrected chi connectivity index (χ3v) is 12.4. The molecular weight excluding hydrogens is 1480 g/mol. The van der Waals surface area contributed by atoms with Gasteiger partial charge in [0.1, 0.15) is 66.8 Å². The highest BCUT2D eigenvalue weighted by atomic mass is 35.6. The summed E-state index contributed by atoms with van der Waals surface area (Å²) in [6.07, 6.45) is 1.83. The number of carboxylic acids is 1. The third kappa shape index (κ3) is 44.8. The van der Waals surface area contributed by atoms with E-state index in [0.717, 1.165) is 0 Å². The zero-order chi connectivity index (χ0) is 73.5. The van der Waals surface area contributed by atoms with Crippen LogP contribution in [-0.2, 0) is 76.4 Å². The fraction of sp³-hybridized carbons (Fsp3) is 0.796. The van der Waals surface area contributed by atoms with E-state index < -0.39 is 156 Å². The summed E-state index contributed by atoms with van der Waals surface area (Å²) in [5.74, 6) is -8.33. The van der Waals surface area contributed by atoms with Crippen LogP contribution in [0.15, 0.2) is 0 Å². The molecule has 0 aromatic carbocycles. The van der Waals surface area contributed by atoms with E-state index in [1.807, 2.05) is 0 Å². The molecule has 0 aromatic heterocycles. The van der Waals surface area contributed by atoms with Crippen molar-refractivity contribution < 1.29 is 96.5 Å². The van der Waals surface area contributed by atoms with Gasteiger partial charge in [-0.05, 0) is 122 Å². The Kier molecular flexibility index (Phi) is 43.7. The predicted octanol–water partition coefficient (Wildman–Crippen LogP) is 6.12. The molecule has 0 bridgehead atoms. The van der Waals surface area contributed by atoms with Crippen molar-refractivity contribution in [3.8, 4) is 0 Å². The molecule has 94 heavy (non-hydrogen) atoms. The van der Waals surface area contributed by atoms with E-state index in [1.165, 1.54) is 28.9 Å². The molecule has 0 aromatic rings. The largest absolute Gasteiger partial charge is 0.481 e. The van der Waals surface area contributed by atoms with Crippen LogP contribution in [0.25, 0.3) is 0 Å². The SMILES string of the molecule is CC(C)(C)OC(=O)C[C@@H](CO)C(=O)O.C[C@H](N)C(=O)N1CCC[C@@H](C(=O)OCC(Cl)(Cl)Cl)N1.C[C@H](NC(=O)OC(C)(C)C)C(=O)N1CCC[C@@H](C(=O)OCC(Cl)(Cl)Cl)N1.C[C@H](NC(=O)[C@H](CO)CC(=O)OC(C)(C)C)C(=O)N1CCC[C@@H](C(=O)OCC(Cl)(Cl)Cl)N1.ClCCl. The van der Waals surface area contributed by atoms with E-state index in [-0.39, 0.29) is 37.3 Å². The number of aliphatic hydroxyl groups excluding tert-OH is 2. The van der Waals surface area contributed by atoms with Gasteiger partial charge in [0.2, 0.25) is 17.3 Å². The first-order chi connectivity index (χ1) is 42.8. The lowest BCUT2D eigenvalue weighted by Gasteiger charge is -2.34. The number of carbonyl (C=O) groups excluding carboxylic acids is 10. The van der Waals surface area contributed by atoms with Crippen molar-refractivity contribution in [3.63, 3.8) is 0 Å². The summed E-state index contributed by atoms with van der Waals surface area (Å²) in [6.45, 7) is 18.7. The summed E-state index contributed by atoms with van der Waals surface area (Å²) < 4.78 is 24.8. The Hall–Kier alpha value is -3.08. The average Bonchev–Trinajstić information content (AvgIpc) is 0.979. The van der Waals surface area contributed by atoms with Crippen molar-refractivity contribution in [2.75, 3.05) is 58.0 Å². The van der Waals surface area contributed by atoms with E-state index in [0.29, 0.717) is 58.2 Å². The number of aliphatic carboxylic acids is 1. The summed E-state index contributed by atoms with van der Waals surface area (Å²) in [7, 11) is 0. The van der Waals surface area contributed by atoms with Gasteiger partial charge in [-0.3, -0.25) is 63.0 Å². The molecule has 0 spiro atoms. The molecule has 40 heteroatoms. The molecule has 8 atom stereocenters. The van der Waals surface area contributed by atoms with E-state index in [1.54, 1.807) is 69.2 Å². The zero-order valence-electron chi connectivity index (χ0n) is 54.0. The van der Waals surface area contributed by atoms with Gasteiger partial charge in [-0.1, -0.05) is 104 Å². The number of carbonyl (C=O) groups is 11. The maximum atomic E-state index is 12.7. The van der Waals surface area contributed by atoms with Crippen LogP contribution >= 0.6 is 128 Å². The number of carboxylic acid groups (broad SMARTS) is 1. The number of hydrazine groups is 3. The van der Waals surface area contributed by atoms with Gasteiger partial charge < -0.3 is 60.1 Å². The number of nitrogens with zero attached hydrogens (tertiary/aromatic N) is 3. The van der Waals surface area contributed by atoms with E-state index in [9.17, 15) is 57.8 Å². The molecule has 0 unspecified atom stereocenters. The summed E-state index contributed by atoms with van der Waals surface area (Å²) in [4.78, 5) is 131. The number of hydrogen-bond donors (Lipinski definition) is 9. The molecule has 0 aliphatic carbocycles. The van der Waals surface area contributed by atoms with Crippen LogP contribution in [0.2, 0.25) is 0 Å². The number of alkyl halides is 11. The van der Waals surface area contributed by atoms with Crippen LogP contribution in [0.3, 0.4) is 0 Å². The molecule has 3 rings (SSSR count). The van der Waals surface area contributed by atoms with Crippen molar-refractivity contribution in [3.05, 3.63) is 0 Å². The van der Waals surface area contributed by atoms with Gasteiger partial charge in [0.15, 0.2) is 0 Å². The minimum Gasteiger partial charge on any atom is -0.481 e. The van der Waals surface area contributed by atoms with Crippen LogP contribution in [0, 0.1) is 11.8 Å². The highest BCUT2D eigenvalue weighted by Gasteiger charge is 2.37. The quantitative estimate of drug-likeness (QED) is 0.0399. The van der Waals surface area contributed by atoms with Crippen molar-refractivity contribution in [1.29, 1.82) is 0 Å². The standard InChI is InChI=1S/C19H30Cl3N3O7.C15H24Cl3N3O5.C10H16Cl3N3O3.C9H16O5.CH2Cl2/c1-11(23-15(28)12(9-26)8-14(27)32-18(2,3)4)16(29)25-7-5-6-13(24-25)17(30)31-10-19(20,21)22;1-9(19-13(24)26-14(2,3)4)11(22)21-7-5-6-10(20-21)12(23)25-8-15(16,17)18;1-6(14)8(17)16-4-2-3-7(15-16)9(18)19-5-10(11,12)13;1-9(2,3)14-7(11)4-6(5-10)8(12)13;2-1-3/h11-13,24,26H,5-10H2,1-4H3,(H,23,28);9-10,20H,5-8H2,1-4H3,(H,19,24);6-7,15H,2-5,14H2,1H3;6,10H,4-5H2,1-3H3,(H,12,13);1H2/t11-,12-,13-;9-,10-;6-,7-;6-;/m0000./s1. The Labute approximate surface area is 602 Å². The number of halogens is 11. The van der Waals surface area contributed by atoms with Gasteiger partial charge in [0.05, 0.1) is 49.3 Å². The molecule has 29 nitrogen and oxygen atoms in total.